The second-order valence-corrected chi connectivity index (χ2v) is 6.68. The number of rotatable bonds is 6. The Labute approximate surface area is 156 Å². The summed E-state index contributed by atoms with van der Waals surface area (Å²) in [5, 5.41) is 4.86. The van der Waals surface area contributed by atoms with Crippen molar-refractivity contribution in [2.75, 3.05) is 5.32 Å². The number of benzene rings is 1. The molecule has 1 saturated heterocycles. The molecule has 27 heavy (non-hydrogen) atoms. The predicted octanol–water partition coefficient (Wildman–Crippen LogP) is 1.61. The maximum Gasteiger partial charge on any atom is 0.264 e. The Hall–Kier alpha value is -3.03. The van der Waals surface area contributed by atoms with Gasteiger partial charge in [0.15, 0.2) is 0 Å². The predicted molar refractivity (Wildman–Crippen MR) is 95.9 cm³/mol. The summed E-state index contributed by atoms with van der Waals surface area (Å²) in [5.41, 5.74) is 0.509. The number of carbonyl (C=O) groups is 5. The van der Waals surface area contributed by atoms with Crippen LogP contribution in [0.25, 0.3) is 0 Å². The van der Waals surface area contributed by atoms with Gasteiger partial charge >= 0.3 is 0 Å². The first kappa shape index (κ1) is 18.8. The Bertz CT molecular complexity index is 833. The van der Waals surface area contributed by atoms with E-state index in [1.807, 2.05) is 6.92 Å². The van der Waals surface area contributed by atoms with Crippen molar-refractivity contribution in [1.82, 2.24) is 10.2 Å². The minimum atomic E-state index is -1.02. The van der Waals surface area contributed by atoms with E-state index in [0.29, 0.717) is 6.42 Å². The molecule has 0 radical (unpaired) electrons. The molecule has 1 fully saturated rings. The fraction of sp³-hybridized carbons (Fsp3) is 0.421. The molecule has 0 saturated carbocycles. The number of anilines is 1. The number of carbonyl (C=O) groups excluding carboxylic acids is 5. The summed E-state index contributed by atoms with van der Waals surface area (Å²) < 4.78 is 0. The molecule has 0 aromatic heterocycles. The van der Waals surface area contributed by atoms with Gasteiger partial charge in [-0.25, -0.2) is 0 Å². The van der Waals surface area contributed by atoms with Crippen LogP contribution in [0.4, 0.5) is 5.69 Å². The fourth-order valence-corrected chi connectivity index (χ4v) is 3.37. The van der Waals surface area contributed by atoms with E-state index < -0.39 is 29.7 Å². The lowest BCUT2D eigenvalue weighted by molar-refractivity contribution is -0.136. The topological polar surface area (TPSA) is 113 Å². The zero-order valence-electron chi connectivity index (χ0n) is 15.0. The van der Waals surface area contributed by atoms with Crippen molar-refractivity contribution in [1.29, 1.82) is 0 Å². The molecular formula is C19H21N3O5. The van der Waals surface area contributed by atoms with Gasteiger partial charge in [0, 0.05) is 12.8 Å². The van der Waals surface area contributed by atoms with Gasteiger partial charge < -0.3 is 5.32 Å². The number of unbranched alkanes of at least 4 members (excludes halogenated alkanes) is 2. The maximum atomic E-state index is 12.9. The first-order valence-corrected chi connectivity index (χ1v) is 9.08. The molecule has 1 atom stereocenters. The van der Waals surface area contributed by atoms with E-state index in [9.17, 15) is 24.0 Å². The molecule has 2 aliphatic rings. The van der Waals surface area contributed by atoms with Crippen LogP contribution in [0.5, 0.6) is 0 Å². The Morgan fingerprint density at radius 2 is 1.96 bits per heavy atom. The monoisotopic (exact) mass is 371 g/mol. The quantitative estimate of drug-likeness (QED) is 0.583. The fourth-order valence-electron chi connectivity index (χ4n) is 3.37. The Kier molecular flexibility index (Phi) is 5.34. The second-order valence-electron chi connectivity index (χ2n) is 6.68. The highest BCUT2D eigenvalue weighted by Crippen LogP contribution is 2.32. The van der Waals surface area contributed by atoms with Gasteiger partial charge in [-0.15, -0.1) is 0 Å². The van der Waals surface area contributed by atoms with Crippen LogP contribution in [0.1, 0.15) is 66.2 Å². The van der Waals surface area contributed by atoms with E-state index in [1.54, 1.807) is 12.1 Å². The molecule has 8 nitrogen and oxygen atoms in total. The Balaban J connectivity index is 1.83. The number of amides is 5. The molecule has 1 aromatic rings. The van der Waals surface area contributed by atoms with Crippen molar-refractivity contribution in [2.24, 2.45) is 0 Å². The van der Waals surface area contributed by atoms with E-state index in [-0.39, 0.29) is 35.6 Å². The van der Waals surface area contributed by atoms with Crippen LogP contribution in [0.2, 0.25) is 0 Å². The van der Waals surface area contributed by atoms with Crippen molar-refractivity contribution < 1.29 is 24.0 Å². The number of hydrogen-bond acceptors (Lipinski definition) is 5. The molecule has 3 rings (SSSR count). The third kappa shape index (κ3) is 3.60. The summed E-state index contributed by atoms with van der Waals surface area (Å²) in [6.07, 6.45) is 3.14. The van der Waals surface area contributed by atoms with E-state index in [2.05, 4.69) is 10.6 Å². The highest BCUT2D eigenvalue weighted by atomic mass is 16.2. The van der Waals surface area contributed by atoms with Crippen LogP contribution in [0.15, 0.2) is 18.2 Å². The van der Waals surface area contributed by atoms with Crippen LogP contribution < -0.4 is 10.6 Å². The normalized spacial score (nSPS) is 19.1. The van der Waals surface area contributed by atoms with Gasteiger partial charge in [-0.3, -0.25) is 34.2 Å². The van der Waals surface area contributed by atoms with Crippen LogP contribution >= 0.6 is 0 Å². The SMILES string of the molecule is CCCCCC(=O)Nc1cccc2c1C(=O)N(C1CCC(=O)NC1=O)C2=O. The second kappa shape index (κ2) is 7.69. The molecule has 1 unspecified atom stereocenters. The molecule has 0 aliphatic carbocycles. The van der Waals surface area contributed by atoms with E-state index in [0.717, 1.165) is 24.2 Å². The van der Waals surface area contributed by atoms with Gasteiger partial charge in [0.05, 0.1) is 16.8 Å². The highest BCUT2D eigenvalue weighted by Gasteiger charge is 2.45. The third-order valence-electron chi connectivity index (χ3n) is 4.75. The molecule has 5 amide bonds. The van der Waals surface area contributed by atoms with Gasteiger partial charge in [0.2, 0.25) is 17.7 Å². The molecular weight excluding hydrogens is 350 g/mol. The molecule has 142 valence electrons. The standard InChI is InChI=1S/C19H21N3O5/c1-2-3-4-8-14(23)20-12-7-5-6-11-16(12)19(27)22(18(11)26)13-9-10-15(24)21-17(13)25/h5-7,13H,2-4,8-10H2,1H3,(H,20,23)(H,21,24,25). The van der Waals surface area contributed by atoms with Gasteiger partial charge in [0.25, 0.3) is 11.8 Å². The largest absolute Gasteiger partial charge is 0.325 e. The van der Waals surface area contributed by atoms with Crippen molar-refractivity contribution in [2.45, 2.75) is 51.5 Å². The first-order chi connectivity index (χ1) is 12.9. The van der Waals surface area contributed by atoms with Crippen molar-refractivity contribution in [3.05, 3.63) is 29.3 Å². The molecule has 1 aromatic carbocycles. The van der Waals surface area contributed by atoms with Crippen molar-refractivity contribution >= 4 is 35.2 Å². The average Bonchev–Trinajstić information content (AvgIpc) is 2.88. The maximum absolute atomic E-state index is 12.9. The summed E-state index contributed by atoms with van der Waals surface area (Å²) in [4.78, 5) is 62.0. The number of imide groups is 2. The van der Waals surface area contributed by atoms with Crippen LogP contribution in [0.3, 0.4) is 0 Å². The zero-order valence-corrected chi connectivity index (χ0v) is 15.0. The number of piperidine rings is 1. The molecule has 0 spiro atoms. The number of fused-ring (bicyclic) bond motifs is 1. The van der Waals surface area contributed by atoms with Gasteiger partial charge in [-0.1, -0.05) is 25.8 Å². The Morgan fingerprint density at radius 1 is 1.19 bits per heavy atom. The van der Waals surface area contributed by atoms with Crippen molar-refractivity contribution in [3.63, 3.8) is 0 Å². The number of nitrogens with zero attached hydrogens (tertiary/aromatic N) is 1. The first-order valence-electron chi connectivity index (χ1n) is 9.08. The summed E-state index contributed by atoms with van der Waals surface area (Å²) in [6, 6.07) is 3.62. The lowest BCUT2D eigenvalue weighted by Crippen LogP contribution is -2.54. The number of nitrogens with one attached hydrogen (secondary N) is 2. The van der Waals surface area contributed by atoms with Gasteiger partial charge in [-0.05, 0) is 25.0 Å². The number of hydrogen-bond donors (Lipinski definition) is 2. The molecule has 0 bridgehead atoms. The van der Waals surface area contributed by atoms with Crippen molar-refractivity contribution in [3.8, 4) is 0 Å². The summed E-state index contributed by atoms with van der Waals surface area (Å²) in [6.45, 7) is 2.04. The highest BCUT2D eigenvalue weighted by molar-refractivity contribution is 6.26. The van der Waals surface area contributed by atoms with Gasteiger partial charge in [0.1, 0.15) is 6.04 Å². The van der Waals surface area contributed by atoms with E-state index in [1.165, 1.54) is 6.07 Å². The molecule has 2 heterocycles. The van der Waals surface area contributed by atoms with E-state index >= 15 is 0 Å². The van der Waals surface area contributed by atoms with Crippen LogP contribution in [-0.2, 0) is 14.4 Å². The Morgan fingerprint density at radius 3 is 2.67 bits per heavy atom. The average molecular weight is 371 g/mol. The summed E-state index contributed by atoms with van der Waals surface area (Å²) in [7, 11) is 0. The summed E-state index contributed by atoms with van der Waals surface area (Å²) >= 11 is 0. The lowest BCUT2D eigenvalue weighted by Gasteiger charge is -2.27. The summed E-state index contributed by atoms with van der Waals surface area (Å²) in [5.74, 6) is -2.53. The van der Waals surface area contributed by atoms with Gasteiger partial charge in [-0.2, -0.15) is 0 Å². The van der Waals surface area contributed by atoms with E-state index in [4.69, 9.17) is 0 Å². The minimum absolute atomic E-state index is 0.0604. The molecule has 8 heteroatoms. The smallest absolute Gasteiger partial charge is 0.264 e. The molecule has 2 aliphatic heterocycles. The van der Waals surface area contributed by atoms with Crippen LogP contribution in [0, 0.1) is 0 Å². The van der Waals surface area contributed by atoms with Crippen LogP contribution in [-0.4, -0.2) is 40.5 Å². The third-order valence-corrected chi connectivity index (χ3v) is 4.75. The lowest BCUT2D eigenvalue weighted by atomic mass is 10.0. The minimum Gasteiger partial charge on any atom is -0.325 e. The molecule has 2 N–H and O–H groups in total. The zero-order chi connectivity index (χ0) is 19.6.